The van der Waals surface area contributed by atoms with Crippen molar-refractivity contribution in [3.8, 4) is 0 Å². The Morgan fingerprint density at radius 2 is 1.16 bits per heavy atom. The number of carbonyl (C=O) groups is 1. The third kappa shape index (κ3) is 100. The molecule has 0 bridgehead atoms. The normalized spacial score (nSPS) is 11.2. The first kappa shape index (κ1) is 26.9. The van der Waals surface area contributed by atoms with Gasteiger partial charge < -0.3 is 31.3 Å². The lowest BCUT2D eigenvalue weighted by atomic mass is 10.2. The van der Waals surface area contributed by atoms with Crippen LogP contribution in [-0.2, 0) is 4.79 Å². The van der Waals surface area contributed by atoms with Gasteiger partial charge in [0.25, 0.3) is 0 Å². The number of nitrogens with zero attached hydrogens (tertiary/aromatic N) is 2. The van der Waals surface area contributed by atoms with Crippen LogP contribution in [0.25, 0.3) is 0 Å². The Labute approximate surface area is 126 Å². The lowest BCUT2D eigenvalue weighted by Crippen LogP contribution is -3.00. The second kappa shape index (κ2) is 12.5. The van der Waals surface area contributed by atoms with Crippen LogP contribution in [0.4, 0.5) is 0 Å². The summed E-state index contributed by atoms with van der Waals surface area (Å²) in [7, 11) is 17.0. The van der Waals surface area contributed by atoms with E-state index in [0.717, 1.165) is 15.4 Å². The van der Waals surface area contributed by atoms with Gasteiger partial charge in [0.05, 0.1) is 62.4 Å². The number of hydrogen-bond donors (Lipinski definition) is 0. The molecule has 0 amide bonds. The van der Waals surface area contributed by atoms with Crippen molar-refractivity contribution in [2.24, 2.45) is 0 Å². The molecule has 0 aliphatic rings. The van der Waals surface area contributed by atoms with E-state index >= 15 is 0 Å². The Morgan fingerprint density at radius 1 is 0.947 bits per heavy atom. The molecule has 118 valence electrons. The monoisotopic (exact) mass is 296 g/mol. The van der Waals surface area contributed by atoms with Crippen molar-refractivity contribution in [1.29, 1.82) is 0 Å². The maximum atomic E-state index is 9.91. The van der Waals surface area contributed by atoms with Crippen molar-refractivity contribution in [2.45, 2.75) is 20.3 Å². The van der Waals surface area contributed by atoms with Crippen LogP contribution < -0.4 is 17.5 Å². The number of allylic oxidation sites excluding steroid dienone is 1. The van der Waals surface area contributed by atoms with E-state index in [1.165, 1.54) is 6.92 Å². The summed E-state index contributed by atoms with van der Waals surface area (Å²) in [5.41, 5.74) is 0.313. The SMILES string of the molecule is CCC=C(C)C(=O)[O-].C[N+](C)(C)C.C[N+](C)(C)C.[Cl-]. The van der Waals surface area contributed by atoms with Crippen molar-refractivity contribution in [3.05, 3.63) is 11.6 Å². The van der Waals surface area contributed by atoms with Gasteiger partial charge >= 0.3 is 0 Å². The fourth-order valence-corrected chi connectivity index (χ4v) is 0.390. The Kier molecular flexibility index (Phi) is 17.6. The summed E-state index contributed by atoms with van der Waals surface area (Å²) in [6.45, 7) is 3.41. The molecule has 0 heterocycles. The van der Waals surface area contributed by atoms with Crippen molar-refractivity contribution in [3.63, 3.8) is 0 Å². The van der Waals surface area contributed by atoms with E-state index in [4.69, 9.17) is 0 Å². The molecule has 0 atom stereocenters. The second-order valence-corrected chi connectivity index (χ2v) is 6.95. The summed E-state index contributed by atoms with van der Waals surface area (Å²) in [5, 5.41) is 9.91. The third-order valence-corrected chi connectivity index (χ3v) is 0.832. The van der Waals surface area contributed by atoms with E-state index in [1.54, 1.807) is 6.08 Å². The molecule has 0 N–H and O–H groups in total. The molecule has 0 aromatic heterocycles. The largest absolute Gasteiger partial charge is 1.00 e. The number of hydrogen-bond acceptors (Lipinski definition) is 2. The molecule has 19 heavy (non-hydrogen) atoms. The van der Waals surface area contributed by atoms with Gasteiger partial charge in [-0.3, -0.25) is 0 Å². The smallest absolute Gasteiger partial charge is 0.0675 e. The first-order valence-electron chi connectivity index (χ1n) is 6.14. The fraction of sp³-hybridized carbons (Fsp3) is 0.786. The molecule has 0 aromatic carbocycles. The number of carboxylic acid groups (broad SMARTS) is 1. The standard InChI is InChI=1S/C6H10O2.2C4H12N.ClH/c1-3-4-5(2)6(7)8;2*1-5(2,3)4;/h4H,3H2,1-2H3,(H,7,8);2*1-4H3;1H/q;2*+1;/p-2. The van der Waals surface area contributed by atoms with E-state index in [9.17, 15) is 9.90 Å². The minimum atomic E-state index is -1.08. The topological polar surface area (TPSA) is 40.1 Å². The number of carboxylic acids is 1. The number of aliphatic carboxylic acids is 1. The molecule has 5 heteroatoms. The summed E-state index contributed by atoms with van der Waals surface area (Å²) >= 11 is 0. The van der Waals surface area contributed by atoms with Gasteiger partial charge in [0.1, 0.15) is 0 Å². The van der Waals surface area contributed by atoms with Crippen LogP contribution in [0.1, 0.15) is 20.3 Å². The molecule has 0 radical (unpaired) electrons. The first-order valence-corrected chi connectivity index (χ1v) is 6.14. The van der Waals surface area contributed by atoms with E-state index < -0.39 is 5.97 Å². The van der Waals surface area contributed by atoms with Crippen LogP contribution in [0.3, 0.4) is 0 Å². The molecule has 0 saturated carbocycles. The molecule has 0 aromatic rings. The highest BCUT2D eigenvalue weighted by Gasteiger charge is 1.88. The summed E-state index contributed by atoms with van der Waals surface area (Å²) in [6, 6.07) is 0. The van der Waals surface area contributed by atoms with Crippen LogP contribution in [0, 0.1) is 0 Å². The summed E-state index contributed by atoms with van der Waals surface area (Å²) < 4.78 is 2.00. The van der Waals surface area contributed by atoms with Gasteiger partial charge in [0.15, 0.2) is 0 Å². The van der Waals surface area contributed by atoms with Gasteiger partial charge in [-0.25, -0.2) is 0 Å². The Hall–Kier alpha value is -0.580. The van der Waals surface area contributed by atoms with Crippen molar-refractivity contribution in [2.75, 3.05) is 56.4 Å². The number of quaternary nitrogens is 2. The van der Waals surface area contributed by atoms with Crippen LogP contribution in [0.5, 0.6) is 0 Å². The van der Waals surface area contributed by atoms with Crippen LogP contribution in [0.15, 0.2) is 11.6 Å². The Morgan fingerprint density at radius 3 is 1.21 bits per heavy atom. The third-order valence-electron chi connectivity index (χ3n) is 0.832. The minimum absolute atomic E-state index is 0. The van der Waals surface area contributed by atoms with Gasteiger partial charge in [-0.15, -0.1) is 0 Å². The van der Waals surface area contributed by atoms with Gasteiger partial charge in [0, 0.05) is 0 Å². The summed E-state index contributed by atoms with van der Waals surface area (Å²) in [5.74, 6) is -1.08. The van der Waals surface area contributed by atoms with Crippen LogP contribution in [-0.4, -0.2) is 71.3 Å². The van der Waals surface area contributed by atoms with Gasteiger partial charge in [-0.1, -0.05) is 13.0 Å². The second-order valence-electron chi connectivity index (χ2n) is 6.95. The van der Waals surface area contributed by atoms with Crippen LogP contribution in [0.2, 0.25) is 0 Å². The molecule has 0 saturated heterocycles. The Bertz CT molecular complexity index is 227. The van der Waals surface area contributed by atoms with Crippen LogP contribution >= 0.6 is 0 Å². The van der Waals surface area contributed by atoms with E-state index in [1.807, 2.05) is 6.92 Å². The first-order chi connectivity index (χ1) is 7.68. The summed E-state index contributed by atoms with van der Waals surface area (Å²) in [4.78, 5) is 9.91. The maximum absolute atomic E-state index is 9.91. The highest BCUT2D eigenvalue weighted by Crippen LogP contribution is 1.90. The van der Waals surface area contributed by atoms with Gasteiger partial charge in [-0.05, 0) is 18.9 Å². The van der Waals surface area contributed by atoms with Crippen molar-refractivity contribution >= 4 is 5.97 Å². The van der Waals surface area contributed by atoms with E-state index in [2.05, 4.69) is 56.4 Å². The molecule has 0 rings (SSSR count). The van der Waals surface area contributed by atoms with E-state index in [0.29, 0.717) is 5.57 Å². The quantitative estimate of drug-likeness (QED) is 0.426. The van der Waals surface area contributed by atoms with E-state index in [-0.39, 0.29) is 12.4 Å². The zero-order chi connectivity index (χ0) is 15.6. The number of halogens is 1. The molecule has 0 aliphatic carbocycles. The highest BCUT2D eigenvalue weighted by atomic mass is 35.5. The number of rotatable bonds is 2. The molecule has 0 aliphatic heterocycles. The molecule has 0 spiro atoms. The molecule has 0 unspecified atom stereocenters. The zero-order valence-electron chi connectivity index (χ0n) is 14.4. The molecule has 4 nitrogen and oxygen atoms in total. The lowest BCUT2D eigenvalue weighted by Gasteiger charge is -2.14. The molecular formula is C14H33ClN2O2. The number of carbonyl (C=O) groups excluding carboxylic acids is 1. The zero-order valence-corrected chi connectivity index (χ0v) is 15.1. The predicted octanol–water partition coefficient (Wildman–Crippen LogP) is -2.26. The highest BCUT2D eigenvalue weighted by molar-refractivity contribution is 5.83. The molecule has 0 fully saturated rings. The average molecular weight is 297 g/mol. The average Bonchev–Trinajstić information content (AvgIpc) is 1.97. The van der Waals surface area contributed by atoms with Crippen molar-refractivity contribution in [1.82, 2.24) is 0 Å². The maximum Gasteiger partial charge on any atom is 0.0675 e. The fourth-order valence-electron chi connectivity index (χ4n) is 0.390. The Balaban J connectivity index is -0.0000000906. The van der Waals surface area contributed by atoms with Gasteiger partial charge in [0.2, 0.25) is 0 Å². The minimum Gasteiger partial charge on any atom is -1.00 e. The predicted molar refractivity (Wildman–Crippen MR) is 77.0 cm³/mol. The summed E-state index contributed by atoms with van der Waals surface area (Å²) in [6.07, 6.45) is 2.37. The van der Waals surface area contributed by atoms with Crippen molar-refractivity contribution < 1.29 is 31.3 Å². The van der Waals surface area contributed by atoms with Gasteiger partial charge in [-0.2, -0.15) is 0 Å². The molecular weight excluding hydrogens is 264 g/mol. The lowest BCUT2D eigenvalue weighted by molar-refractivity contribution is -0.849.